The summed E-state index contributed by atoms with van der Waals surface area (Å²) in [7, 11) is 2.17. The van der Waals surface area contributed by atoms with E-state index in [4.69, 9.17) is 4.74 Å². The fraction of sp³-hybridized carbons (Fsp3) is 0.370. The van der Waals surface area contributed by atoms with Crippen LogP contribution >= 0.6 is 0 Å². The summed E-state index contributed by atoms with van der Waals surface area (Å²) in [4.78, 5) is 9.36. The van der Waals surface area contributed by atoms with Gasteiger partial charge in [-0.25, -0.2) is 0 Å². The van der Waals surface area contributed by atoms with Gasteiger partial charge in [0.05, 0.1) is 5.69 Å². The van der Waals surface area contributed by atoms with Crippen LogP contribution in [-0.2, 0) is 23.3 Å². The van der Waals surface area contributed by atoms with Crippen LogP contribution in [0.4, 0.5) is 0 Å². The highest BCUT2D eigenvalue weighted by molar-refractivity contribution is 7.90. The molecule has 0 saturated carbocycles. The molecule has 33 heavy (non-hydrogen) atoms. The van der Waals surface area contributed by atoms with Crippen molar-refractivity contribution in [3.8, 4) is 16.9 Å². The number of pyridine rings is 1. The van der Waals surface area contributed by atoms with E-state index in [1.807, 2.05) is 42.6 Å². The molecule has 6 heteroatoms. The zero-order chi connectivity index (χ0) is 22.9. The van der Waals surface area contributed by atoms with Crippen LogP contribution in [0.5, 0.6) is 5.75 Å². The number of nitrogens with zero attached hydrogens (tertiary/aromatic N) is 3. The van der Waals surface area contributed by atoms with Gasteiger partial charge in [0.2, 0.25) is 0 Å². The molecule has 5 nitrogen and oxygen atoms in total. The number of hydrogen-bond acceptors (Lipinski definition) is 5. The minimum Gasteiger partial charge on any atom is -0.616 e. The first kappa shape index (κ1) is 23.8. The quantitative estimate of drug-likeness (QED) is 0.427. The van der Waals surface area contributed by atoms with E-state index in [1.54, 1.807) is 0 Å². The summed E-state index contributed by atoms with van der Waals surface area (Å²) in [5, 5.41) is 0. The van der Waals surface area contributed by atoms with Gasteiger partial charge in [0.25, 0.3) is 0 Å². The molecule has 1 aliphatic rings. The van der Waals surface area contributed by atoms with Crippen molar-refractivity contribution in [2.24, 2.45) is 0 Å². The molecular formula is C27H33N3O2S. The summed E-state index contributed by atoms with van der Waals surface area (Å²) in [6.07, 6.45) is 2.70. The van der Waals surface area contributed by atoms with Crippen LogP contribution < -0.4 is 4.74 Å². The largest absolute Gasteiger partial charge is 0.616 e. The second-order valence-electron chi connectivity index (χ2n) is 8.58. The zero-order valence-electron chi connectivity index (χ0n) is 19.4. The standard InChI is InChI=1S/C27H33N3O2S/c1-29-14-16-30(17-15-29)18-19-32-27-11-8-24(9-12-27)25-7-10-26(28-21-25)22-33(31)20-13-23-5-3-2-4-6-23/h2-12,21H,13-20,22H2,1H3. The summed E-state index contributed by atoms with van der Waals surface area (Å²) >= 11 is -0.918. The minimum atomic E-state index is -0.918. The molecule has 0 radical (unpaired) electrons. The maximum atomic E-state index is 12.4. The lowest BCUT2D eigenvalue weighted by Gasteiger charge is -2.32. The molecule has 1 aromatic heterocycles. The first-order chi connectivity index (χ1) is 16.2. The highest BCUT2D eigenvalue weighted by Crippen LogP contribution is 2.22. The Bertz CT molecular complexity index is 959. The number of rotatable bonds is 10. The molecule has 1 atom stereocenters. The monoisotopic (exact) mass is 463 g/mol. The lowest BCUT2D eigenvalue weighted by atomic mass is 10.1. The number of ether oxygens (including phenoxy) is 1. The Labute approximate surface area is 200 Å². The van der Waals surface area contributed by atoms with Crippen molar-refractivity contribution in [2.75, 3.05) is 52.1 Å². The van der Waals surface area contributed by atoms with Crippen molar-refractivity contribution >= 4 is 11.2 Å². The first-order valence-corrected chi connectivity index (χ1v) is 13.1. The minimum absolute atomic E-state index is 0.493. The molecule has 0 bridgehead atoms. The summed E-state index contributed by atoms with van der Waals surface area (Å²) in [6, 6.07) is 22.4. The second kappa shape index (κ2) is 12.2. The summed E-state index contributed by atoms with van der Waals surface area (Å²) in [5.41, 5.74) is 4.25. The Morgan fingerprint density at radius 1 is 0.909 bits per heavy atom. The van der Waals surface area contributed by atoms with Crippen molar-refractivity contribution < 1.29 is 9.29 Å². The smallest absolute Gasteiger partial charge is 0.147 e. The Morgan fingerprint density at radius 2 is 1.64 bits per heavy atom. The fourth-order valence-corrected chi connectivity index (χ4v) is 5.01. The molecule has 0 amide bonds. The van der Waals surface area contributed by atoms with E-state index in [-0.39, 0.29) is 0 Å². The van der Waals surface area contributed by atoms with E-state index in [2.05, 4.69) is 52.2 Å². The van der Waals surface area contributed by atoms with E-state index in [1.165, 1.54) is 5.56 Å². The third-order valence-corrected chi connectivity index (χ3v) is 7.33. The van der Waals surface area contributed by atoms with Gasteiger partial charge in [0.1, 0.15) is 23.9 Å². The van der Waals surface area contributed by atoms with E-state index >= 15 is 0 Å². The molecule has 1 saturated heterocycles. The summed E-state index contributed by atoms with van der Waals surface area (Å²) < 4.78 is 18.4. The lowest BCUT2D eigenvalue weighted by Crippen LogP contribution is -2.45. The molecule has 174 valence electrons. The topological polar surface area (TPSA) is 51.7 Å². The molecule has 1 aliphatic heterocycles. The van der Waals surface area contributed by atoms with E-state index < -0.39 is 11.2 Å². The zero-order valence-corrected chi connectivity index (χ0v) is 20.2. The number of piperazine rings is 1. The Kier molecular flexibility index (Phi) is 8.78. The third-order valence-electron chi connectivity index (χ3n) is 6.05. The number of aryl methyl sites for hydroxylation is 1. The van der Waals surface area contributed by atoms with Crippen LogP contribution in [0.2, 0.25) is 0 Å². The fourth-order valence-electron chi connectivity index (χ4n) is 3.90. The van der Waals surface area contributed by atoms with Gasteiger partial charge >= 0.3 is 0 Å². The molecule has 0 N–H and O–H groups in total. The van der Waals surface area contributed by atoms with Crippen LogP contribution in [0.1, 0.15) is 11.3 Å². The SMILES string of the molecule is CN1CCN(CCOc2ccc(-c3ccc(C[S+]([O-])CCc4ccccc4)nc3)cc2)CC1. The molecular weight excluding hydrogens is 430 g/mol. The molecule has 4 rings (SSSR count). The maximum Gasteiger partial charge on any atom is 0.147 e. The highest BCUT2D eigenvalue weighted by atomic mass is 32.2. The van der Waals surface area contributed by atoms with Crippen molar-refractivity contribution in [1.82, 2.24) is 14.8 Å². The van der Waals surface area contributed by atoms with Gasteiger partial charge in [-0.2, -0.15) is 0 Å². The number of hydrogen-bond donors (Lipinski definition) is 0. The summed E-state index contributed by atoms with van der Waals surface area (Å²) in [5.74, 6) is 2.04. The Balaban J connectivity index is 1.22. The second-order valence-corrected chi connectivity index (χ2v) is 10.2. The van der Waals surface area contributed by atoms with Crippen molar-refractivity contribution in [2.45, 2.75) is 12.2 Å². The predicted molar refractivity (Wildman–Crippen MR) is 136 cm³/mol. The molecule has 2 heterocycles. The van der Waals surface area contributed by atoms with E-state index in [0.29, 0.717) is 18.1 Å². The number of benzene rings is 2. The Hall–Kier alpha value is -2.38. The first-order valence-electron chi connectivity index (χ1n) is 11.6. The van der Waals surface area contributed by atoms with Crippen LogP contribution in [0.15, 0.2) is 72.9 Å². The van der Waals surface area contributed by atoms with Crippen LogP contribution in [0, 0.1) is 0 Å². The summed E-state index contributed by atoms with van der Waals surface area (Å²) in [6.45, 7) is 6.16. The van der Waals surface area contributed by atoms with Crippen LogP contribution in [0.3, 0.4) is 0 Å². The third kappa shape index (κ3) is 7.57. The predicted octanol–water partition coefficient (Wildman–Crippen LogP) is 3.87. The van der Waals surface area contributed by atoms with E-state index in [9.17, 15) is 4.55 Å². The van der Waals surface area contributed by atoms with Crippen molar-refractivity contribution in [3.63, 3.8) is 0 Å². The van der Waals surface area contributed by atoms with Crippen LogP contribution in [0.25, 0.3) is 11.1 Å². The number of likely N-dealkylation sites (N-methyl/N-ethyl adjacent to an activating group) is 1. The molecule has 1 fully saturated rings. The van der Waals surface area contributed by atoms with Gasteiger partial charge in [-0.1, -0.05) is 48.5 Å². The Morgan fingerprint density at radius 3 is 2.33 bits per heavy atom. The number of aromatic nitrogens is 1. The highest BCUT2D eigenvalue weighted by Gasteiger charge is 2.13. The van der Waals surface area contributed by atoms with Crippen molar-refractivity contribution in [3.05, 3.63) is 84.2 Å². The maximum absolute atomic E-state index is 12.4. The van der Waals surface area contributed by atoms with Crippen LogP contribution in [-0.4, -0.2) is 71.5 Å². The molecule has 2 aromatic carbocycles. The van der Waals surface area contributed by atoms with Crippen molar-refractivity contribution in [1.29, 1.82) is 0 Å². The van der Waals surface area contributed by atoms with Gasteiger partial charge in [0.15, 0.2) is 0 Å². The average molecular weight is 464 g/mol. The van der Waals surface area contributed by atoms with Gasteiger partial charge < -0.3 is 14.2 Å². The normalized spacial score (nSPS) is 15.9. The average Bonchev–Trinajstić information content (AvgIpc) is 2.86. The lowest BCUT2D eigenvalue weighted by molar-refractivity contribution is 0.134. The van der Waals surface area contributed by atoms with E-state index in [0.717, 1.165) is 61.7 Å². The van der Waals surface area contributed by atoms with Gasteiger partial charge in [0, 0.05) is 50.9 Å². The molecule has 1 unspecified atom stereocenters. The molecule has 3 aromatic rings. The van der Waals surface area contributed by atoms with Gasteiger partial charge in [-0.15, -0.1) is 0 Å². The van der Waals surface area contributed by atoms with Gasteiger partial charge in [-0.3, -0.25) is 9.88 Å². The van der Waals surface area contributed by atoms with Gasteiger partial charge in [-0.05, 0) is 47.5 Å². The molecule has 0 aliphatic carbocycles. The molecule has 0 spiro atoms.